The largest absolute Gasteiger partial charge is 0.399 e. The summed E-state index contributed by atoms with van der Waals surface area (Å²) in [4.78, 5) is 4.48. The molecule has 0 bridgehead atoms. The quantitative estimate of drug-likeness (QED) is 0.681. The Morgan fingerprint density at radius 3 is 3.00 bits per heavy atom. The minimum absolute atomic E-state index is 0.656. The number of nitrogens with two attached hydrogens (primary N) is 1. The molecule has 2 aromatic heterocycles. The fourth-order valence-electron chi connectivity index (χ4n) is 1.95. The SMILES string of the molecule is Cc1nc2cc(N)ccc2n1Cc1ccon1. The Hall–Kier alpha value is -2.30. The van der Waals surface area contributed by atoms with Crippen LogP contribution in [0.3, 0.4) is 0 Å². The van der Waals surface area contributed by atoms with Gasteiger partial charge in [-0.25, -0.2) is 4.98 Å². The van der Waals surface area contributed by atoms with E-state index < -0.39 is 0 Å². The maximum Gasteiger partial charge on any atom is 0.124 e. The molecule has 0 atom stereocenters. The molecule has 3 aromatic rings. The Labute approximate surface area is 97.8 Å². The number of hydrogen-bond acceptors (Lipinski definition) is 4. The van der Waals surface area contributed by atoms with E-state index in [1.165, 1.54) is 0 Å². The van der Waals surface area contributed by atoms with Gasteiger partial charge in [0.1, 0.15) is 17.8 Å². The maximum atomic E-state index is 5.74. The van der Waals surface area contributed by atoms with Crippen molar-refractivity contribution < 1.29 is 4.52 Å². The second kappa shape index (κ2) is 3.62. The monoisotopic (exact) mass is 228 g/mol. The van der Waals surface area contributed by atoms with E-state index in [-0.39, 0.29) is 0 Å². The van der Waals surface area contributed by atoms with Gasteiger partial charge in [0.25, 0.3) is 0 Å². The molecule has 0 unspecified atom stereocenters. The average molecular weight is 228 g/mol. The van der Waals surface area contributed by atoms with Gasteiger partial charge in [-0.15, -0.1) is 0 Å². The van der Waals surface area contributed by atoms with E-state index >= 15 is 0 Å². The van der Waals surface area contributed by atoms with Gasteiger partial charge in [0.2, 0.25) is 0 Å². The molecule has 0 aliphatic rings. The van der Waals surface area contributed by atoms with E-state index in [0.29, 0.717) is 6.54 Å². The van der Waals surface area contributed by atoms with E-state index in [0.717, 1.165) is 28.2 Å². The number of nitrogen functional groups attached to an aromatic ring is 1. The highest BCUT2D eigenvalue weighted by Crippen LogP contribution is 2.19. The van der Waals surface area contributed by atoms with Crippen molar-refractivity contribution in [1.82, 2.24) is 14.7 Å². The number of imidazole rings is 1. The highest BCUT2D eigenvalue weighted by atomic mass is 16.5. The Morgan fingerprint density at radius 1 is 1.35 bits per heavy atom. The highest BCUT2D eigenvalue weighted by Gasteiger charge is 2.09. The average Bonchev–Trinajstić information content (AvgIpc) is 2.88. The first-order valence-electron chi connectivity index (χ1n) is 5.35. The number of anilines is 1. The number of benzene rings is 1. The van der Waals surface area contributed by atoms with Crippen LogP contribution < -0.4 is 5.73 Å². The van der Waals surface area contributed by atoms with Crippen LogP contribution in [0.15, 0.2) is 35.1 Å². The van der Waals surface area contributed by atoms with E-state index in [2.05, 4.69) is 14.7 Å². The van der Waals surface area contributed by atoms with E-state index in [4.69, 9.17) is 10.3 Å². The molecular weight excluding hydrogens is 216 g/mol. The summed E-state index contributed by atoms with van der Waals surface area (Å²) in [6, 6.07) is 7.58. The molecule has 3 rings (SSSR count). The summed E-state index contributed by atoms with van der Waals surface area (Å²) < 4.78 is 6.92. The van der Waals surface area contributed by atoms with Gasteiger partial charge in [-0.2, -0.15) is 0 Å². The predicted octanol–water partition coefficient (Wildman–Crippen LogP) is 1.96. The van der Waals surface area contributed by atoms with Crippen molar-refractivity contribution in [2.45, 2.75) is 13.5 Å². The standard InChI is InChI=1S/C12H12N4O/c1-8-14-11-6-9(13)2-3-12(11)16(8)7-10-4-5-17-15-10/h2-6H,7,13H2,1H3. The molecule has 0 aliphatic heterocycles. The fraction of sp³-hybridized carbons (Fsp3) is 0.167. The molecule has 5 heteroatoms. The summed E-state index contributed by atoms with van der Waals surface area (Å²) in [7, 11) is 0. The van der Waals surface area contributed by atoms with Crippen LogP contribution in [0.25, 0.3) is 11.0 Å². The minimum atomic E-state index is 0.656. The number of nitrogens with zero attached hydrogens (tertiary/aromatic N) is 3. The topological polar surface area (TPSA) is 69.9 Å². The van der Waals surface area contributed by atoms with Crippen molar-refractivity contribution in [2.75, 3.05) is 5.73 Å². The van der Waals surface area contributed by atoms with E-state index in [1.807, 2.05) is 31.2 Å². The smallest absolute Gasteiger partial charge is 0.124 e. The van der Waals surface area contributed by atoms with Gasteiger partial charge in [0.15, 0.2) is 0 Å². The van der Waals surface area contributed by atoms with Crippen molar-refractivity contribution in [1.29, 1.82) is 0 Å². The van der Waals surface area contributed by atoms with Gasteiger partial charge in [0.05, 0.1) is 17.6 Å². The number of aromatic nitrogens is 3. The summed E-state index contributed by atoms with van der Waals surface area (Å²) in [6.07, 6.45) is 1.57. The van der Waals surface area contributed by atoms with Crippen LogP contribution in [-0.4, -0.2) is 14.7 Å². The van der Waals surface area contributed by atoms with E-state index in [9.17, 15) is 0 Å². The van der Waals surface area contributed by atoms with Crippen LogP contribution in [-0.2, 0) is 6.54 Å². The van der Waals surface area contributed by atoms with Gasteiger partial charge in [-0.1, -0.05) is 5.16 Å². The molecule has 0 fully saturated rings. The van der Waals surface area contributed by atoms with Gasteiger partial charge < -0.3 is 14.8 Å². The Bertz CT molecular complexity index is 655. The van der Waals surface area contributed by atoms with Crippen molar-refractivity contribution in [3.05, 3.63) is 42.0 Å². The third kappa shape index (κ3) is 1.65. The summed E-state index contributed by atoms with van der Waals surface area (Å²) in [5, 5.41) is 3.91. The number of aryl methyl sites for hydroxylation is 1. The Morgan fingerprint density at radius 2 is 2.24 bits per heavy atom. The zero-order chi connectivity index (χ0) is 11.8. The fourth-order valence-corrected chi connectivity index (χ4v) is 1.95. The first-order chi connectivity index (χ1) is 8.24. The summed E-state index contributed by atoms with van der Waals surface area (Å²) in [5.74, 6) is 0.939. The number of rotatable bonds is 2. The van der Waals surface area contributed by atoms with Gasteiger partial charge >= 0.3 is 0 Å². The normalized spacial score (nSPS) is 11.1. The summed E-state index contributed by atoms with van der Waals surface area (Å²) in [5.41, 5.74) is 9.31. The maximum absolute atomic E-state index is 5.74. The van der Waals surface area contributed by atoms with Crippen molar-refractivity contribution in [2.24, 2.45) is 0 Å². The Balaban J connectivity index is 2.12. The number of fused-ring (bicyclic) bond motifs is 1. The molecule has 0 radical (unpaired) electrons. The highest BCUT2D eigenvalue weighted by molar-refractivity contribution is 5.79. The molecule has 2 heterocycles. The number of hydrogen-bond donors (Lipinski definition) is 1. The molecule has 86 valence electrons. The third-order valence-electron chi connectivity index (χ3n) is 2.77. The first-order valence-corrected chi connectivity index (χ1v) is 5.35. The van der Waals surface area contributed by atoms with Crippen LogP contribution in [0.2, 0.25) is 0 Å². The molecule has 0 saturated carbocycles. The lowest BCUT2D eigenvalue weighted by Crippen LogP contribution is -2.02. The molecule has 17 heavy (non-hydrogen) atoms. The zero-order valence-corrected chi connectivity index (χ0v) is 9.42. The zero-order valence-electron chi connectivity index (χ0n) is 9.42. The molecule has 0 spiro atoms. The van der Waals surface area contributed by atoms with Crippen molar-refractivity contribution in [3.63, 3.8) is 0 Å². The second-order valence-corrected chi connectivity index (χ2v) is 3.98. The van der Waals surface area contributed by atoms with Gasteiger partial charge in [-0.05, 0) is 25.1 Å². The molecule has 0 amide bonds. The predicted molar refractivity (Wildman–Crippen MR) is 64.5 cm³/mol. The molecule has 5 nitrogen and oxygen atoms in total. The van der Waals surface area contributed by atoms with E-state index in [1.54, 1.807) is 6.26 Å². The second-order valence-electron chi connectivity index (χ2n) is 3.98. The lowest BCUT2D eigenvalue weighted by atomic mass is 10.3. The first kappa shape index (κ1) is 9.89. The molecule has 0 saturated heterocycles. The summed E-state index contributed by atoms with van der Waals surface area (Å²) in [6.45, 7) is 2.62. The minimum Gasteiger partial charge on any atom is -0.399 e. The van der Waals surface area contributed by atoms with Gasteiger partial charge in [-0.3, -0.25) is 0 Å². The molecule has 0 aliphatic carbocycles. The Kier molecular flexibility index (Phi) is 2.11. The summed E-state index contributed by atoms with van der Waals surface area (Å²) >= 11 is 0. The lowest BCUT2D eigenvalue weighted by Gasteiger charge is -2.03. The van der Waals surface area contributed by atoms with Crippen molar-refractivity contribution in [3.8, 4) is 0 Å². The molecule has 2 N–H and O–H groups in total. The molecule has 1 aromatic carbocycles. The van der Waals surface area contributed by atoms with Crippen LogP contribution in [0.4, 0.5) is 5.69 Å². The third-order valence-corrected chi connectivity index (χ3v) is 2.77. The lowest BCUT2D eigenvalue weighted by molar-refractivity contribution is 0.409. The van der Waals surface area contributed by atoms with Crippen molar-refractivity contribution >= 4 is 16.7 Å². The van der Waals surface area contributed by atoms with Gasteiger partial charge in [0, 0.05) is 11.8 Å². The van der Waals surface area contributed by atoms with Crippen LogP contribution in [0.1, 0.15) is 11.5 Å². The molecular formula is C12H12N4O. The van der Waals surface area contributed by atoms with Crippen LogP contribution >= 0.6 is 0 Å². The van der Waals surface area contributed by atoms with Crippen LogP contribution in [0, 0.1) is 6.92 Å². The van der Waals surface area contributed by atoms with Crippen LogP contribution in [0.5, 0.6) is 0 Å².